The van der Waals surface area contributed by atoms with E-state index in [9.17, 15) is 14.4 Å². The van der Waals surface area contributed by atoms with Gasteiger partial charge in [-0.3, -0.25) is 9.69 Å². The first-order valence-corrected chi connectivity index (χ1v) is 6.84. The molecule has 0 aromatic rings. The Morgan fingerprint density at radius 3 is 2.52 bits per heavy atom. The summed E-state index contributed by atoms with van der Waals surface area (Å²) in [6, 6.07) is -1.69. The topological polar surface area (TPSA) is 134 Å². The lowest BCUT2D eigenvalue weighted by atomic mass is 10.1. The van der Waals surface area contributed by atoms with Crippen LogP contribution in [-0.4, -0.2) is 73.3 Å². The number of carbonyl (C=O) groups excluding carboxylic acids is 2. The van der Waals surface area contributed by atoms with Crippen LogP contribution >= 0.6 is 0 Å². The molecule has 1 atom stereocenters. The van der Waals surface area contributed by atoms with E-state index in [1.807, 2.05) is 0 Å². The van der Waals surface area contributed by atoms with Gasteiger partial charge in [0.1, 0.15) is 6.04 Å². The third-order valence-corrected chi connectivity index (χ3v) is 3.10. The summed E-state index contributed by atoms with van der Waals surface area (Å²) in [7, 11) is 0. The Balaban J connectivity index is 2.22. The third kappa shape index (κ3) is 7.47. The fourth-order valence-electron chi connectivity index (χ4n) is 1.91. The first-order valence-electron chi connectivity index (χ1n) is 6.84. The summed E-state index contributed by atoms with van der Waals surface area (Å²) >= 11 is 0. The van der Waals surface area contributed by atoms with Gasteiger partial charge in [0.25, 0.3) is 0 Å². The molecule has 1 aliphatic rings. The van der Waals surface area contributed by atoms with Crippen molar-refractivity contribution in [3.8, 4) is 0 Å². The molecule has 1 saturated heterocycles. The van der Waals surface area contributed by atoms with Crippen LogP contribution in [0, 0.1) is 0 Å². The number of nitrogens with one attached hydrogen (secondary N) is 2. The molecule has 0 aromatic heterocycles. The van der Waals surface area contributed by atoms with Crippen molar-refractivity contribution in [2.24, 2.45) is 5.73 Å². The zero-order chi connectivity index (χ0) is 15.7. The predicted octanol–water partition coefficient (Wildman–Crippen LogP) is -1.66. The number of carboxylic acids is 1. The molecule has 0 aromatic carbocycles. The van der Waals surface area contributed by atoms with Crippen LogP contribution in [0.3, 0.4) is 0 Å². The number of primary amides is 1. The Morgan fingerprint density at radius 2 is 1.95 bits per heavy atom. The molecule has 0 aliphatic carbocycles. The number of hydrogen-bond donors (Lipinski definition) is 4. The molecule has 0 unspecified atom stereocenters. The van der Waals surface area contributed by atoms with Gasteiger partial charge in [0.2, 0.25) is 5.91 Å². The molecular weight excluding hydrogens is 280 g/mol. The Kier molecular flexibility index (Phi) is 7.48. The molecule has 0 saturated carbocycles. The first kappa shape index (κ1) is 17.2. The Bertz CT molecular complexity index is 371. The summed E-state index contributed by atoms with van der Waals surface area (Å²) in [5, 5.41) is 13.8. The number of nitrogens with two attached hydrogens (primary N) is 1. The molecule has 3 amide bonds. The molecule has 21 heavy (non-hydrogen) atoms. The standard InChI is InChI=1S/C12H22N4O5/c13-10(17)2-1-9(11(18)19)15-12(20)14-3-4-16-5-7-21-8-6-16/h9H,1-8H2,(H2,13,17)(H,18,19)(H2,14,15,20)/t9-/m1/s1. The molecular formula is C12H22N4O5. The summed E-state index contributed by atoms with van der Waals surface area (Å²) in [5.74, 6) is -1.80. The van der Waals surface area contributed by atoms with E-state index in [2.05, 4.69) is 15.5 Å². The minimum Gasteiger partial charge on any atom is -0.480 e. The minimum absolute atomic E-state index is 0.0262. The highest BCUT2D eigenvalue weighted by molar-refractivity contribution is 5.83. The average Bonchev–Trinajstić information content (AvgIpc) is 2.44. The van der Waals surface area contributed by atoms with Crippen LogP contribution in [-0.2, 0) is 14.3 Å². The molecule has 0 bridgehead atoms. The summed E-state index contributed by atoms with van der Waals surface area (Å²) in [6.07, 6.45) is -0.118. The van der Waals surface area contributed by atoms with Gasteiger partial charge in [-0.2, -0.15) is 0 Å². The Morgan fingerprint density at radius 1 is 1.29 bits per heavy atom. The molecule has 0 radical (unpaired) electrons. The van der Waals surface area contributed by atoms with E-state index in [0.717, 1.165) is 13.1 Å². The van der Waals surface area contributed by atoms with Gasteiger partial charge in [-0.15, -0.1) is 0 Å². The lowest BCUT2D eigenvalue weighted by Crippen LogP contribution is -2.48. The number of aliphatic carboxylic acids is 1. The predicted molar refractivity (Wildman–Crippen MR) is 73.6 cm³/mol. The van der Waals surface area contributed by atoms with E-state index in [1.165, 1.54) is 0 Å². The number of rotatable bonds is 8. The number of hydrogen-bond acceptors (Lipinski definition) is 5. The molecule has 0 spiro atoms. The van der Waals surface area contributed by atoms with Gasteiger partial charge in [-0.25, -0.2) is 9.59 Å². The Labute approximate surface area is 122 Å². The van der Waals surface area contributed by atoms with Crippen molar-refractivity contribution in [3.05, 3.63) is 0 Å². The second-order valence-corrected chi connectivity index (χ2v) is 4.75. The lowest BCUT2D eigenvalue weighted by Gasteiger charge is -2.26. The number of carbonyl (C=O) groups is 3. The molecule has 120 valence electrons. The van der Waals surface area contributed by atoms with Crippen molar-refractivity contribution >= 4 is 17.9 Å². The van der Waals surface area contributed by atoms with Gasteiger partial charge < -0.3 is 26.2 Å². The second-order valence-electron chi connectivity index (χ2n) is 4.75. The second kappa shape index (κ2) is 9.14. The van der Waals surface area contributed by atoms with Crippen LogP contribution in [0.25, 0.3) is 0 Å². The quantitative estimate of drug-likeness (QED) is 0.424. The van der Waals surface area contributed by atoms with E-state index in [4.69, 9.17) is 15.6 Å². The van der Waals surface area contributed by atoms with Crippen molar-refractivity contribution in [2.75, 3.05) is 39.4 Å². The SMILES string of the molecule is NC(=O)CC[C@@H](NC(=O)NCCN1CCOCC1)C(=O)O. The van der Waals surface area contributed by atoms with Crippen molar-refractivity contribution in [1.82, 2.24) is 15.5 Å². The molecule has 1 fully saturated rings. The molecule has 9 nitrogen and oxygen atoms in total. The maximum Gasteiger partial charge on any atom is 0.326 e. The number of amides is 3. The highest BCUT2D eigenvalue weighted by Gasteiger charge is 2.20. The van der Waals surface area contributed by atoms with Crippen LogP contribution in [0.2, 0.25) is 0 Å². The highest BCUT2D eigenvalue weighted by Crippen LogP contribution is 1.97. The van der Waals surface area contributed by atoms with Gasteiger partial charge in [0, 0.05) is 32.6 Å². The minimum atomic E-state index is -1.19. The summed E-state index contributed by atoms with van der Waals surface area (Å²) in [5.41, 5.74) is 4.96. The first-order chi connectivity index (χ1) is 9.99. The van der Waals surface area contributed by atoms with Crippen LogP contribution in [0.5, 0.6) is 0 Å². The Hall–Kier alpha value is -1.87. The number of nitrogens with zero attached hydrogens (tertiary/aromatic N) is 1. The monoisotopic (exact) mass is 302 g/mol. The summed E-state index contributed by atoms with van der Waals surface area (Å²) in [6.45, 7) is 4.09. The fraction of sp³-hybridized carbons (Fsp3) is 0.750. The van der Waals surface area contributed by atoms with Crippen LogP contribution in [0.15, 0.2) is 0 Å². The van der Waals surface area contributed by atoms with Gasteiger partial charge >= 0.3 is 12.0 Å². The molecule has 1 rings (SSSR count). The number of ether oxygens (including phenoxy) is 1. The van der Waals surface area contributed by atoms with Gasteiger partial charge in [0.05, 0.1) is 13.2 Å². The summed E-state index contributed by atoms with van der Waals surface area (Å²) < 4.78 is 5.21. The van der Waals surface area contributed by atoms with Crippen molar-refractivity contribution in [2.45, 2.75) is 18.9 Å². The number of carboxylic acid groups (broad SMARTS) is 1. The van der Waals surface area contributed by atoms with E-state index in [0.29, 0.717) is 26.3 Å². The van der Waals surface area contributed by atoms with Crippen molar-refractivity contribution in [3.63, 3.8) is 0 Å². The molecule has 9 heteroatoms. The highest BCUT2D eigenvalue weighted by atomic mass is 16.5. The number of morpholine rings is 1. The molecule has 1 aliphatic heterocycles. The van der Waals surface area contributed by atoms with Crippen molar-refractivity contribution < 1.29 is 24.2 Å². The molecule has 1 heterocycles. The maximum absolute atomic E-state index is 11.6. The van der Waals surface area contributed by atoms with Crippen LogP contribution in [0.1, 0.15) is 12.8 Å². The van der Waals surface area contributed by atoms with Gasteiger partial charge in [-0.05, 0) is 6.42 Å². The van der Waals surface area contributed by atoms with Crippen LogP contribution in [0.4, 0.5) is 4.79 Å². The van der Waals surface area contributed by atoms with E-state index in [1.54, 1.807) is 0 Å². The average molecular weight is 302 g/mol. The smallest absolute Gasteiger partial charge is 0.326 e. The van der Waals surface area contributed by atoms with E-state index >= 15 is 0 Å². The normalized spacial score (nSPS) is 17.0. The van der Waals surface area contributed by atoms with Gasteiger partial charge in [0.15, 0.2) is 0 Å². The third-order valence-electron chi connectivity index (χ3n) is 3.10. The van der Waals surface area contributed by atoms with E-state index < -0.39 is 23.9 Å². The zero-order valence-electron chi connectivity index (χ0n) is 11.8. The largest absolute Gasteiger partial charge is 0.480 e. The number of urea groups is 1. The summed E-state index contributed by atoms with van der Waals surface area (Å²) in [4.78, 5) is 35.3. The van der Waals surface area contributed by atoms with Crippen LogP contribution < -0.4 is 16.4 Å². The van der Waals surface area contributed by atoms with Gasteiger partial charge in [-0.1, -0.05) is 0 Å². The van der Waals surface area contributed by atoms with E-state index in [-0.39, 0.29) is 12.8 Å². The van der Waals surface area contributed by atoms with Crippen molar-refractivity contribution in [1.29, 1.82) is 0 Å². The molecule has 5 N–H and O–H groups in total. The lowest BCUT2D eigenvalue weighted by molar-refractivity contribution is -0.139. The zero-order valence-corrected chi connectivity index (χ0v) is 11.8. The fourth-order valence-corrected chi connectivity index (χ4v) is 1.91. The maximum atomic E-state index is 11.6.